The van der Waals surface area contributed by atoms with Gasteiger partial charge in [-0.25, -0.2) is 4.68 Å². The number of fused-ring (bicyclic) bond motifs is 1. The quantitative estimate of drug-likeness (QED) is 0.691. The number of rotatable bonds is 3. The maximum absolute atomic E-state index is 12.9. The lowest BCUT2D eigenvalue weighted by Gasteiger charge is -2.36. The summed E-state index contributed by atoms with van der Waals surface area (Å²) in [6.45, 7) is 1.93. The van der Waals surface area contributed by atoms with Crippen molar-refractivity contribution in [3.8, 4) is 0 Å². The molecule has 9 heteroatoms. The molecule has 2 heterocycles. The first-order valence-electron chi connectivity index (χ1n) is 8.90. The molecular weight excluding hydrogens is 371 g/mol. The van der Waals surface area contributed by atoms with E-state index in [4.69, 9.17) is 0 Å². The third-order valence-corrected chi connectivity index (χ3v) is 4.88. The molecule has 0 radical (unpaired) electrons. The van der Waals surface area contributed by atoms with E-state index in [0.717, 1.165) is 23.2 Å². The Morgan fingerprint density at radius 2 is 1.75 bits per heavy atom. The Kier molecular flexibility index (Phi) is 4.66. The first-order chi connectivity index (χ1) is 13.4. The molecule has 0 aliphatic carbocycles. The summed E-state index contributed by atoms with van der Waals surface area (Å²) in [5, 5.41) is 8.07. The second-order valence-corrected chi connectivity index (χ2v) is 6.65. The fourth-order valence-corrected chi connectivity index (χ4v) is 3.36. The Labute approximate surface area is 159 Å². The number of aromatic nitrogens is 3. The first-order valence-corrected chi connectivity index (χ1v) is 8.90. The van der Waals surface area contributed by atoms with Gasteiger partial charge in [-0.2, -0.15) is 13.2 Å². The summed E-state index contributed by atoms with van der Waals surface area (Å²) in [6.07, 6.45) is -4.37. The van der Waals surface area contributed by atoms with Gasteiger partial charge in [0.1, 0.15) is 12.1 Å². The van der Waals surface area contributed by atoms with Crippen LogP contribution in [0.15, 0.2) is 48.5 Å². The number of anilines is 1. The molecular formula is C19H18F3N5O. The highest BCUT2D eigenvalue weighted by Gasteiger charge is 2.31. The molecule has 1 amide bonds. The van der Waals surface area contributed by atoms with Crippen molar-refractivity contribution in [2.45, 2.75) is 12.7 Å². The summed E-state index contributed by atoms with van der Waals surface area (Å²) in [4.78, 5) is 16.2. The van der Waals surface area contributed by atoms with Crippen LogP contribution in [0.2, 0.25) is 0 Å². The average molecular weight is 389 g/mol. The standard InChI is InChI=1S/C19H18F3N5O/c20-19(21,22)14-4-3-5-15(12-14)25-8-10-26(11-9-25)18(28)13-27-17-7-2-1-6-16(17)23-24-27/h1-7,12H,8-11,13H2. The number of amides is 1. The van der Waals surface area contributed by atoms with E-state index in [9.17, 15) is 18.0 Å². The van der Waals surface area contributed by atoms with Crippen LogP contribution < -0.4 is 4.90 Å². The zero-order valence-electron chi connectivity index (χ0n) is 14.9. The van der Waals surface area contributed by atoms with Crippen molar-refractivity contribution < 1.29 is 18.0 Å². The Hall–Kier alpha value is -3.10. The van der Waals surface area contributed by atoms with Crippen molar-refractivity contribution in [2.24, 2.45) is 0 Å². The number of hydrogen-bond donors (Lipinski definition) is 0. The molecule has 1 saturated heterocycles. The minimum absolute atomic E-state index is 0.0839. The molecule has 0 unspecified atom stereocenters. The highest BCUT2D eigenvalue weighted by atomic mass is 19.4. The lowest BCUT2D eigenvalue weighted by molar-refractivity contribution is -0.137. The number of piperazine rings is 1. The summed E-state index contributed by atoms with van der Waals surface area (Å²) in [5.74, 6) is -0.0839. The number of benzene rings is 2. The zero-order chi connectivity index (χ0) is 19.7. The molecule has 6 nitrogen and oxygen atoms in total. The van der Waals surface area contributed by atoms with E-state index in [2.05, 4.69) is 10.3 Å². The summed E-state index contributed by atoms with van der Waals surface area (Å²) < 4.78 is 40.3. The Morgan fingerprint density at radius 1 is 1.00 bits per heavy atom. The van der Waals surface area contributed by atoms with Gasteiger partial charge < -0.3 is 9.80 Å². The normalized spacial score (nSPS) is 15.2. The third-order valence-electron chi connectivity index (χ3n) is 4.88. The van der Waals surface area contributed by atoms with Crippen LogP contribution in [0.5, 0.6) is 0 Å². The van der Waals surface area contributed by atoms with Crippen LogP contribution in [0.3, 0.4) is 0 Å². The SMILES string of the molecule is O=C(Cn1nnc2ccccc21)N1CCN(c2cccc(C(F)(F)F)c2)CC1. The molecule has 2 aromatic carbocycles. The minimum atomic E-state index is -4.37. The molecule has 1 aliphatic heterocycles. The highest BCUT2D eigenvalue weighted by molar-refractivity contribution is 5.80. The molecule has 146 valence electrons. The topological polar surface area (TPSA) is 54.3 Å². The van der Waals surface area contributed by atoms with Crippen LogP contribution in [0.1, 0.15) is 5.56 Å². The zero-order valence-corrected chi connectivity index (χ0v) is 14.9. The maximum atomic E-state index is 12.9. The number of carbonyl (C=O) groups is 1. The number of halogens is 3. The van der Waals surface area contributed by atoms with Gasteiger partial charge in [-0.3, -0.25) is 4.79 Å². The van der Waals surface area contributed by atoms with Crippen molar-refractivity contribution in [3.63, 3.8) is 0 Å². The third kappa shape index (κ3) is 3.64. The van der Waals surface area contributed by atoms with Gasteiger partial charge in [0.05, 0.1) is 11.1 Å². The van der Waals surface area contributed by atoms with Crippen molar-refractivity contribution in [1.29, 1.82) is 0 Å². The fraction of sp³-hybridized carbons (Fsp3) is 0.316. The molecule has 0 bridgehead atoms. The smallest absolute Gasteiger partial charge is 0.368 e. The van der Waals surface area contributed by atoms with Gasteiger partial charge in [-0.1, -0.05) is 23.4 Å². The van der Waals surface area contributed by atoms with E-state index in [1.54, 1.807) is 15.6 Å². The average Bonchev–Trinajstić information content (AvgIpc) is 3.10. The summed E-state index contributed by atoms with van der Waals surface area (Å²) >= 11 is 0. The van der Waals surface area contributed by atoms with Crippen molar-refractivity contribution in [1.82, 2.24) is 19.9 Å². The summed E-state index contributed by atoms with van der Waals surface area (Å²) in [5.41, 5.74) is 1.37. The van der Waals surface area contributed by atoms with E-state index in [1.807, 2.05) is 29.2 Å². The number of alkyl halides is 3. The molecule has 1 aliphatic rings. The van der Waals surface area contributed by atoms with E-state index < -0.39 is 11.7 Å². The predicted octanol–water partition coefficient (Wildman–Crippen LogP) is 2.80. The van der Waals surface area contributed by atoms with Gasteiger partial charge in [0.2, 0.25) is 5.91 Å². The lowest BCUT2D eigenvalue weighted by Crippen LogP contribution is -2.49. The van der Waals surface area contributed by atoms with E-state index in [0.29, 0.717) is 31.9 Å². The molecule has 0 spiro atoms. The van der Waals surface area contributed by atoms with Crippen LogP contribution >= 0.6 is 0 Å². The largest absolute Gasteiger partial charge is 0.416 e. The lowest BCUT2D eigenvalue weighted by atomic mass is 10.1. The minimum Gasteiger partial charge on any atom is -0.368 e. The molecule has 0 saturated carbocycles. The van der Waals surface area contributed by atoms with Gasteiger partial charge in [-0.15, -0.1) is 5.10 Å². The summed E-state index contributed by atoms with van der Waals surface area (Å²) in [7, 11) is 0. The predicted molar refractivity (Wildman–Crippen MR) is 97.8 cm³/mol. The molecule has 0 N–H and O–H groups in total. The van der Waals surface area contributed by atoms with Crippen LogP contribution in [0.25, 0.3) is 11.0 Å². The molecule has 1 fully saturated rings. The number of carbonyl (C=O) groups excluding carboxylic acids is 1. The molecule has 28 heavy (non-hydrogen) atoms. The summed E-state index contributed by atoms with van der Waals surface area (Å²) in [6, 6.07) is 12.7. The fourth-order valence-electron chi connectivity index (χ4n) is 3.36. The van der Waals surface area contributed by atoms with Gasteiger partial charge in [0.25, 0.3) is 0 Å². The van der Waals surface area contributed by atoms with Crippen molar-refractivity contribution >= 4 is 22.6 Å². The van der Waals surface area contributed by atoms with Crippen molar-refractivity contribution in [3.05, 3.63) is 54.1 Å². The van der Waals surface area contributed by atoms with Gasteiger partial charge in [-0.05, 0) is 30.3 Å². The Bertz CT molecular complexity index is 992. The molecule has 3 aromatic rings. The van der Waals surface area contributed by atoms with Gasteiger partial charge in [0.15, 0.2) is 0 Å². The van der Waals surface area contributed by atoms with Crippen LogP contribution in [0, 0.1) is 0 Å². The van der Waals surface area contributed by atoms with E-state index in [1.165, 1.54) is 6.07 Å². The van der Waals surface area contributed by atoms with E-state index >= 15 is 0 Å². The number of para-hydroxylation sites is 1. The van der Waals surface area contributed by atoms with Crippen LogP contribution in [-0.4, -0.2) is 52.0 Å². The van der Waals surface area contributed by atoms with Crippen LogP contribution in [0.4, 0.5) is 18.9 Å². The second kappa shape index (κ2) is 7.14. The van der Waals surface area contributed by atoms with E-state index in [-0.39, 0.29) is 12.5 Å². The molecule has 4 rings (SSSR count). The molecule has 0 atom stereocenters. The number of hydrogen-bond acceptors (Lipinski definition) is 4. The maximum Gasteiger partial charge on any atom is 0.416 e. The van der Waals surface area contributed by atoms with Gasteiger partial charge >= 0.3 is 6.18 Å². The van der Waals surface area contributed by atoms with Crippen molar-refractivity contribution in [2.75, 3.05) is 31.1 Å². The molecule has 1 aromatic heterocycles. The first kappa shape index (κ1) is 18.3. The van der Waals surface area contributed by atoms with Crippen LogP contribution in [-0.2, 0) is 17.5 Å². The number of nitrogens with zero attached hydrogens (tertiary/aromatic N) is 5. The Morgan fingerprint density at radius 3 is 2.50 bits per heavy atom. The highest BCUT2D eigenvalue weighted by Crippen LogP contribution is 2.31. The Balaban J connectivity index is 1.39. The van der Waals surface area contributed by atoms with Gasteiger partial charge in [0, 0.05) is 31.9 Å². The monoisotopic (exact) mass is 389 g/mol. The second-order valence-electron chi connectivity index (χ2n) is 6.65.